The number of carbonyl (C=O) groups is 1. The zero-order chi connectivity index (χ0) is 14.8. The number of halogens is 1. The van der Waals surface area contributed by atoms with Gasteiger partial charge in [0.1, 0.15) is 0 Å². The minimum atomic E-state index is 0. The van der Waals surface area contributed by atoms with Gasteiger partial charge in [0.25, 0.3) is 0 Å². The molecule has 1 aliphatic rings. The number of hydrogen-bond acceptors (Lipinski definition) is 3. The molecule has 0 radical (unpaired) electrons. The molecule has 1 aromatic heterocycles. The first-order valence-corrected chi connectivity index (χ1v) is 8.20. The van der Waals surface area contributed by atoms with Crippen molar-refractivity contribution in [2.75, 3.05) is 11.1 Å². The first-order valence-electron chi connectivity index (χ1n) is 7.39. The Morgan fingerprint density at radius 1 is 1.23 bits per heavy atom. The maximum absolute atomic E-state index is 12.2. The minimum absolute atomic E-state index is 0. The van der Waals surface area contributed by atoms with Crippen molar-refractivity contribution >= 4 is 40.3 Å². The lowest BCUT2D eigenvalue weighted by atomic mass is 9.96. The Bertz CT molecular complexity index is 664. The summed E-state index contributed by atoms with van der Waals surface area (Å²) in [4.78, 5) is 13.7. The van der Waals surface area contributed by atoms with E-state index in [1.54, 1.807) is 11.3 Å². The van der Waals surface area contributed by atoms with Gasteiger partial charge in [-0.3, -0.25) is 4.79 Å². The molecular formula is C17H21ClN2OS. The second kappa shape index (κ2) is 7.16. The van der Waals surface area contributed by atoms with E-state index in [0.717, 1.165) is 29.1 Å². The Morgan fingerprint density at radius 3 is 2.59 bits per heavy atom. The molecule has 0 saturated heterocycles. The summed E-state index contributed by atoms with van der Waals surface area (Å²) in [6.07, 6.45) is 5.25. The lowest BCUT2D eigenvalue weighted by molar-refractivity contribution is -0.115. The molecular weight excluding hydrogens is 316 g/mol. The largest absolute Gasteiger partial charge is 0.399 e. The van der Waals surface area contributed by atoms with Gasteiger partial charge in [-0.15, -0.1) is 23.7 Å². The monoisotopic (exact) mass is 336 g/mol. The molecule has 3 nitrogen and oxygen atoms in total. The standard InChI is InChI=1S/C17H20N2OS.ClH/c1-11-14-4-2-3-5-15(14)21-17(11)19-16(20)10-12-6-8-13(18)9-7-12;/h6-9H,2-5,10,18H2,1H3,(H,19,20);1H. The maximum atomic E-state index is 12.2. The van der Waals surface area contributed by atoms with Gasteiger partial charge in [0.15, 0.2) is 0 Å². The second-order valence-electron chi connectivity index (χ2n) is 5.63. The fourth-order valence-electron chi connectivity index (χ4n) is 2.83. The Morgan fingerprint density at radius 2 is 1.91 bits per heavy atom. The number of fused-ring (bicyclic) bond motifs is 1. The fraction of sp³-hybridized carbons (Fsp3) is 0.353. The van der Waals surface area contributed by atoms with Crippen molar-refractivity contribution in [2.24, 2.45) is 0 Å². The van der Waals surface area contributed by atoms with E-state index in [4.69, 9.17) is 5.73 Å². The van der Waals surface area contributed by atoms with Crippen molar-refractivity contribution in [2.45, 2.75) is 39.0 Å². The molecule has 1 aromatic carbocycles. The van der Waals surface area contributed by atoms with E-state index in [1.165, 1.54) is 28.8 Å². The van der Waals surface area contributed by atoms with E-state index < -0.39 is 0 Å². The number of nitrogen functional groups attached to an aromatic ring is 1. The van der Waals surface area contributed by atoms with E-state index in [0.29, 0.717) is 6.42 Å². The van der Waals surface area contributed by atoms with Gasteiger partial charge in [-0.25, -0.2) is 0 Å². The number of thiophene rings is 1. The third-order valence-electron chi connectivity index (χ3n) is 4.03. The van der Waals surface area contributed by atoms with E-state index in [1.807, 2.05) is 24.3 Å². The molecule has 3 N–H and O–H groups in total. The Kier molecular flexibility index (Phi) is 5.48. The van der Waals surface area contributed by atoms with Crippen LogP contribution in [0.25, 0.3) is 0 Å². The molecule has 0 fully saturated rings. The first kappa shape index (κ1) is 16.8. The molecule has 0 unspecified atom stereocenters. The molecule has 0 aliphatic heterocycles. The number of nitrogens with two attached hydrogens (primary N) is 1. The molecule has 1 heterocycles. The SMILES string of the molecule is Cc1c(NC(=O)Cc2ccc(N)cc2)sc2c1CCCC2.Cl. The molecule has 1 aliphatic carbocycles. The molecule has 1 amide bonds. The number of anilines is 2. The Labute approximate surface area is 141 Å². The second-order valence-corrected chi connectivity index (χ2v) is 6.74. The zero-order valence-corrected chi connectivity index (χ0v) is 14.3. The van der Waals surface area contributed by atoms with Crippen LogP contribution < -0.4 is 11.1 Å². The fourth-order valence-corrected chi connectivity index (χ4v) is 4.15. The van der Waals surface area contributed by atoms with E-state index in [2.05, 4.69) is 12.2 Å². The van der Waals surface area contributed by atoms with Crippen LogP contribution in [0.5, 0.6) is 0 Å². The number of benzene rings is 1. The smallest absolute Gasteiger partial charge is 0.229 e. The third-order valence-corrected chi connectivity index (χ3v) is 5.34. The molecule has 3 rings (SSSR count). The predicted molar refractivity (Wildman–Crippen MR) is 96.1 cm³/mol. The van der Waals surface area contributed by atoms with Crippen LogP contribution in [0.4, 0.5) is 10.7 Å². The number of nitrogens with one attached hydrogen (secondary N) is 1. The first-order chi connectivity index (χ1) is 10.1. The Hall–Kier alpha value is -1.52. The molecule has 118 valence electrons. The van der Waals surface area contributed by atoms with Crippen LogP contribution in [-0.2, 0) is 24.1 Å². The summed E-state index contributed by atoms with van der Waals surface area (Å²) in [7, 11) is 0. The topological polar surface area (TPSA) is 55.1 Å². The predicted octanol–water partition coefficient (Wildman–Crippen LogP) is 4.12. The number of aryl methyl sites for hydroxylation is 1. The average Bonchev–Trinajstić information content (AvgIpc) is 2.78. The number of rotatable bonds is 3. The molecule has 0 spiro atoms. The highest BCUT2D eigenvalue weighted by atomic mass is 35.5. The molecule has 2 aromatic rings. The van der Waals surface area contributed by atoms with Crippen LogP contribution in [0.1, 0.15) is 34.4 Å². The van der Waals surface area contributed by atoms with Crippen LogP contribution in [-0.4, -0.2) is 5.91 Å². The van der Waals surface area contributed by atoms with E-state index in [-0.39, 0.29) is 18.3 Å². The molecule has 22 heavy (non-hydrogen) atoms. The van der Waals surface area contributed by atoms with Gasteiger partial charge in [0.2, 0.25) is 5.91 Å². The summed E-state index contributed by atoms with van der Waals surface area (Å²) in [5, 5.41) is 4.11. The highest BCUT2D eigenvalue weighted by Gasteiger charge is 2.19. The summed E-state index contributed by atoms with van der Waals surface area (Å²) in [6.45, 7) is 2.12. The summed E-state index contributed by atoms with van der Waals surface area (Å²) in [6, 6.07) is 7.47. The molecule has 0 atom stereocenters. The maximum Gasteiger partial charge on any atom is 0.229 e. The van der Waals surface area contributed by atoms with Gasteiger partial charge in [-0.1, -0.05) is 12.1 Å². The number of amides is 1. The van der Waals surface area contributed by atoms with Crippen LogP contribution in [0.3, 0.4) is 0 Å². The van der Waals surface area contributed by atoms with Crippen molar-refractivity contribution in [3.8, 4) is 0 Å². The van der Waals surface area contributed by atoms with E-state index in [9.17, 15) is 4.79 Å². The van der Waals surface area contributed by atoms with Crippen LogP contribution in [0.2, 0.25) is 0 Å². The summed E-state index contributed by atoms with van der Waals surface area (Å²) in [5.74, 6) is 0.0430. The summed E-state index contributed by atoms with van der Waals surface area (Å²) >= 11 is 1.75. The lowest BCUT2D eigenvalue weighted by Gasteiger charge is -2.10. The summed E-state index contributed by atoms with van der Waals surface area (Å²) < 4.78 is 0. The van der Waals surface area contributed by atoms with Gasteiger partial charge in [-0.05, 0) is 61.4 Å². The van der Waals surface area contributed by atoms with Gasteiger partial charge < -0.3 is 11.1 Å². The van der Waals surface area contributed by atoms with Gasteiger partial charge in [0, 0.05) is 10.6 Å². The number of carbonyl (C=O) groups excluding carboxylic acids is 1. The van der Waals surface area contributed by atoms with Gasteiger partial charge >= 0.3 is 0 Å². The Balaban J connectivity index is 0.00000176. The molecule has 0 saturated carbocycles. The van der Waals surface area contributed by atoms with E-state index >= 15 is 0 Å². The van der Waals surface area contributed by atoms with Crippen molar-refractivity contribution in [3.05, 3.63) is 45.8 Å². The number of hydrogen-bond donors (Lipinski definition) is 2. The quantitative estimate of drug-likeness (QED) is 0.828. The highest BCUT2D eigenvalue weighted by Crippen LogP contribution is 2.37. The molecule has 0 bridgehead atoms. The highest BCUT2D eigenvalue weighted by molar-refractivity contribution is 7.16. The average molecular weight is 337 g/mol. The van der Waals surface area contributed by atoms with Crippen LogP contribution in [0, 0.1) is 6.92 Å². The molecule has 5 heteroatoms. The summed E-state index contributed by atoms with van der Waals surface area (Å²) in [5.41, 5.74) is 10.1. The van der Waals surface area contributed by atoms with Crippen LogP contribution >= 0.6 is 23.7 Å². The third kappa shape index (κ3) is 3.62. The van der Waals surface area contributed by atoms with Crippen molar-refractivity contribution in [1.29, 1.82) is 0 Å². The van der Waals surface area contributed by atoms with Gasteiger partial charge in [-0.2, -0.15) is 0 Å². The van der Waals surface area contributed by atoms with Crippen molar-refractivity contribution < 1.29 is 4.79 Å². The lowest BCUT2D eigenvalue weighted by Crippen LogP contribution is -2.14. The van der Waals surface area contributed by atoms with Crippen molar-refractivity contribution in [1.82, 2.24) is 0 Å². The van der Waals surface area contributed by atoms with Crippen molar-refractivity contribution in [3.63, 3.8) is 0 Å². The minimum Gasteiger partial charge on any atom is -0.399 e. The zero-order valence-electron chi connectivity index (χ0n) is 12.6. The normalized spacial score (nSPS) is 13.1. The van der Waals surface area contributed by atoms with Gasteiger partial charge in [0.05, 0.1) is 11.4 Å². The van der Waals surface area contributed by atoms with Crippen LogP contribution in [0.15, 0.2) is 24.3 Å².